The third-order valence-electron chi connectivity index (χ3n) is 3.43. The third kappa shape index (κ3) is 2.95. The molecule has 1 aliphatic heterocycles. The van der Waals surface area contributed by atoms with E-state index in [9.17, 15) is 0 Å². The zero-order chi connectivity index (χ0) is 13.0. The Bertz CT molecular complexity index is 448. The first-order valence-electron chi connectivity index (χ1n) is 6.18. The van der Waals surface area contributed by atoms with Crippen LogP contribution in [0.2, 0.25) is 5.02 Å². The van der Waals surface area contributed by atoms with Crippen molar-refractivity contribution in [1.29, 1.82) is 5.26 Å². The van der Waals surface area contributed by atoms with Gasteiger partial charge in [-0.1, -0.05) is 11.6 Å². The molecular weight excluding hydrogens is 248 g/mol. The van der Waals surface area contributed by atoms with E-state index >= 15 is 0 Å². The number of ether oxygens (including phenoxy) is 1. The Kier molecular flexibility index (Phi) is 4.46. The van der Waals surface area contributed by atoms with Crippen molar-refractivity contribution in [2.24, 2.45) is 5.92 Å². The Morgan fingerprint density at radius 1 is 1.44 bits per heavy atom. The summed E-state index contributed by atoms with van der Waals surface area (Å²) in [6, 6.07) is 7.60. The maximum absolute atomic E-state index is 8.82. The number of nitrogens with zero attached hydrogens (tertiary/aromatic N) is 2. The second-order valence-corrected chi connectivity index (χ2v) is 5.07. The van der Waals surface area contributed by atoms with Crippen LogP contribution in [0, 0.1) is 17.2 Å². The van der Waals surface area contributed by atoms with Crippen molar-refractivity contribution >= 4 is 17.3 Å². The molecule has 1 fully saturated rings. The lowest BCUT2D eigenvalue weighted by atomic mass is 9.97. The van der Waals surface area contributed by atoms with E-state index in [0.717, 1.165) is 38.2 Å². The minimum absolute atomic E-state index is 0.609. The predicted molar refractivity (Wildman–Crippen MR) is 73.0 cm³/mol. The van der Waals surface area contributed by atoms with E-state index in [2.05, 4.69) is 11.0 Å². The number of halogens is 1. The predicted octanol–water partition coefficient (Wildman–Crippen LogP) is 3.07. The van der Waals surface area contributed by atoms with Crippen molar-refractivity contribution in [3.8, 4) is 6.07 Å². The van der Waals surface area contributed by atoms with E-state index < -0.39 is 0 Å². The smallest absolute Gasteiger partial charge is 0.0992 e. The molecule has 0 bridgehead atoms. The van der Waals surface area contributed by atoms with Gasteiger partial charge in [-0.2, -0.15) is 5.26 Å². The van der Waals surface area contributed by atoms with Crippen LogP contribution in [0.5, 0.6) is 0 Å². The van der Waals surface area contributed by atoms with Crippen LogP contribution in [0.25, 0.3) is 0 Å². The molecule has 0 saturated carbocycles. The molecule has 0 N–H and O–H groups in total. The Morgan fingerprint density at radius 2 is 2.17 bits per heavy atom. The third-order valence-corrected chi connectivity index (χ3v) is 3.74. The summed E-state index contributed by atoms with van der Waals surface area (Å²) in [4.78, 5) is 2.29. The number of methoxy groups -OCH3 is 1. The molecule has 1 aromatic carbocycles. The van der Waals surface area contributed by atoms with Crippen molar-refractivity contribution in [3.05, 3.63) is 28.8 Å². The first kappa shape index (κ1) is 13.2. The number of nitriles is 1. The van der Waals surface area contributed by atoms with Gasteiger partial charge in [0.05, 0.1) is 22.3 Å². The topological polar surface area (TPSA) is 36.3 Å². The van der Waals surface area contributed by atoms with Gasteiger partial charge in [-0.15, -0.1) is 0 Å². The highest BCUT2D eigenvalue weighted by atomic mass is 35.5. The first-order chi connectivity index (χ1) is 8.74. The molecule has 2 rings (SSSR count). The summed E-state index contributed by atoms with van der Waals surface area (Å²) >= 11 is 6.22. The molecule has 3 nitrogen and oxygen atoms in total. The molecule has 96 valence electrons. The van der Waals surface area contributed by atoms with Crippen LogP contribution in [0.3, 0.4) is 0 Å². The van der Waals surface area contributed by atoms with Gasteiger partial charge in [0.2, 0.25) is 0 Å². The van der Waals surface area contributed by atoms with Crippen molar-refractivity contribution in [3.63, 3.8) is 0 Å². The Hall–Kier alpha value is -1.24. The lowest BCUT2D eigenvalue weighted by Gasteiger charge is -2.33. The van der Waals surface area contributed by atoms with Crippen LogP contribution < -0.4 is 4.90 Å². The van der Waals surface area contributed by atoms with Gasteiger partial charge in [-0.25, -0.2) is 0 Å². The number of piperidine rings is 1. The average molecular weight is 265 g/mol. The SMILES string of the molecule is COCC1CCN(c2ccc(C#N)cc2Cl)CC1. The Morgan fingerprint density at radius 3 is 2.72 bits per heavy atom. The molecule has 1 heterocycles. The summed E-state index contributed by atoms with van der Waals surface area (Å²) in [6.45, 7) is 2.84. The van der Waals surface area contributed by atoms with E-state index in [0.29, 0.717) is 16.5 Å². The summed E-state index contributed by atoms with van der Waals surface area (Å²) in [5, 5.41) is 9.49. The quantitative estimate of drug-likeness (QED) is 0.842. The fraction of sp³-hybridized carbons (Fsp3) is 0.500. The monoisotopic (exact) mass is 264 g/mol. The van der Waals surface area contributed by atoms with Crippen molar-refractivity contribution in [2.45, 2.75) is 12.8 Å². The zero-order valence-electron chi connectivity index (χ0n) is 10.5. The van der Waals surface area contributed by atoms with E-state index in [1.54, 1.807) is 13.2 Å². The average Bonchev–Trinajstić information content (AvgIpc) is 2.40. The summed E-state index contributed by atoms with van der Waals surface area (Å²) in [7, 11) is 1.75. The number of rotatable bonds is 3. The normalized spacial score (nSPS) is 16.6. The van der Waals surface area contributed by atoms with E-state index in [1.165, 1.54) is 0 Å². The summed E-state index contributed by atoms with van der Waals surface area (Å²) in [6.07, 6.45) is 2.26. The molecule has 1 aliphatic rings. The molecule has 1 saturated heterocycles. The molecular formula is C14H17ClN2O. The molecule has 0 amide bonds. The molecule has 0 spiro atoms. The number of anilines is 1. The summed E-state index contributed by atoms with van der Waals surface area (Å²) < 4.78 is 5.20. The highest BCUT2D eigenvalue weighted by Crippen LogP contribution is 2.30. The molecule has 0 aliphatic carbocycles. The first-order valence-corrected chi connectivity index (χ1v) is 6.56. The Labute approximate surface area is 113 Å². The van der Waals surface area contributed by atoms with Crippen molar-refractivity contribution in [2.75, 3.05) is 31.7 Å². The van der Waals surface area contributed by atoms with E-state index in [-0.39, 0.29) is 0 Å². The van der Waals surface area contributed by atoms with Crippen LogP contribution in [0.1, 0.15) is 18.4 Å². The fourth-order valence-electron chi connectivity index (χ4n) is 2.41. The summed E-state index contributed by atoms with van der Waals surface area (Å²) in [5.74, 6) is 0.656. The van der Waals surface area contributed by atoms with Crippen LogP contribution >= 0.6 is 11.6 Å². The number of benzene rings is 1. The van der Waals surface area contributed by atoms with Gasteiger partial charge >= 0.3 is 0 Å². The highest BCUT2D eigenvalue weighted by molar-refractivity contribution is 6.33. The van der Waals surface area contributed by atoms with Crippen LogP contribution in [0.4, 0.5) is 5.69 Å². The number of hydrogen-bond donors (Lipinski definition) is 0. The Balaban J connectivity index is 2.04. The van der Waals surface area contributed by atoms with Gasteiger partial charge < -0.3 is 9.64 Å². The van der Waals surface area contributed by atoms with Gasteiger partial charge in [0, 0.05) is 26.8 Å². The second-order valence-electron chi connectivity index (χ2n) is 4.66. The maximum Gasteiger partial charge on any atom is 0.0992 e. The highest BCUT2D eigenvalue weighted by Gasteiger charge is 2.20. The summed E-state index contributed by atoms with van der Waals surface area (Å²) in [5.41, 5.74) is 1.64. The minimum Gasteiger partial charge on any atom is -0.384 e. The van der Waals surface area contributed by atoms with E-state index in [4.69, 9.17) is 21.6 Å². The van der Waals surface area contributed by atoms with Gasteiger partial charge in [-0.3, -0.25) is 0 Å². The maximum atomic E-state index is 8.82. The fourth-order valence-corrected chi connectivity index (χ4v) is 2.71. The van der Waals surface area contributed by atoms with Gasteiger partial charge in [0.25, 0.3) is 0 Å². The molecule has 1 aromatic rings. The molecule has 0 aromatic heterocycles. The lowest BCUT2D eigenvalue weighted by Crippen LogP contribution is -2.35. The minimum atomic E-state index is 0.609. The number of hydrogen-bond acceptors (Lipinski definition) is 3. The van der Waals surface area contributed by atoms with E-state index in [1.807, 2.05) is 12.1 Å². The zero-order valence-corrected chi connectivity index (χ0v) is 11.3. The van der Waals surface area contributed by atoms with Crippen molar-refractivity contribution in [1.82, 2.24) is 0 Å². The lowest BCUT2D eigenvalue weighted by molar-refractivity contribution is 0.139. The largest absolute Gasteiger partial charge is 0.384 e. The molecule has 0 atom stereocenters. The molecule has 0 unspecified atom stereocenters. The molecule has 0 radical (unpaired) electrons. The van der Waals surface area contributed by atoms with Crippen LogP contribution in [-0.4, -0.2) is 26.8 Å². The van der Waals surface area contributed by atoms with Gasteiger partial charge in [0.15, 0.2) is 0 Å². The standard InChI is InChI=1S/C14H17ClN2O/c1-18-10-11-4-6-17(7-5-11)14-3-2-12(9-16)8-13(14)15/h2-3,8,11H,4-7,10H2,1H3. The van der Waals surface area contributed by atoms with Crippen LogP contribution in [0.15, 0.2) is 18.2 Å². The van der Waals surface area contributed by atoms with Gasteiger partial charge in [-0.05, 0) is 37.0 Å². The van der Waals surface area contributed by atoms with Crippen LogP contribution in [-0.2, 0) is 4.74 Å². The van der Waals surface area contributed by atoms with Crippen molar-refractivity contribution < 1.29 is 4.74 Å². The molecule has 18 heavy (non-hydrogen) atoms. The van der Waals surface area contributed by atoms with Gasteiger partial charge in [0.1, 0.15) is 0 Å². The molecule has 4 heteroatoms. The second kappa shape index (κ2) is 6.08.